The fourth-order valence-electron chi connectivity index (χ4n) is 2.86. The minimum atomic E-state index is 0.216. The predicted octanol–water partition coefficient (Wildman–Crippen LogP) is 1.04. The van der Waals surface area contributed by atoms with E-state index in [1.165, 1.54) is 12.7 Å². The largest absolute Gasteiger partial charge is 0.377 e. The smallest absolute Gasteiger partial charge is 0.225 e. The van der Waals surface area contributed by atoms with E-state index in [0.717, 1.165) is 25.1 Å². The third-order valence-corrected chi connectivity index (χ3v) is 3.64. The first-order chi connectivity index (χ1) is 8.34. The summed E-state index contributed by atoms with van der Waals surface area (Å²) >= 11 is 0. The van der Waals surface area contributed by atoms with Crippen LogP contribution in [0.5, 0.6) is 0 Å². The maximum atomic E-state index is 11.9. The van der Waals surface area contributed by atoms with E-state index in [9.17, 15) is 4.79 Å². The first-order valence-corrected chi connectivity index (χ1v) is 6.15. The summed E-state index contributed by atoms with van der Waals surface area (Å²) in [7, 11) is 0. The molecule has 1 aromatic rings. The second-order valence-electron chi connectivity index (χ2n) is 4.73. The van der Waals surface area contributed by atoms with Gasteiger partial charge in [0.25, 0.3) is 0 Å². The molecule has 1 amide bonds. The Kier molecular flexibility index (Phi) is 2.66. The van der Waals surface area contributed by atoms with Crippen molar-refractivity contribution in [1.29, 1.82) is 0 Å². The van der Waals surface area contributed by atoms with Crippen LogP contribution in [0.2, 0.25) is 0 Å². The lowest BCUT2D eigenvalue weighted by Gasteiger charge is -2.32. The van der Waals surface area contributed by atoms with Crippen molar-refractivity contribution in [1.82, 2.24) is 14.9 Å². The van der Waals surface area contributed by atoms with E-state index in [-0.39, 0.29) is 11.9 Å². The van der Waals surface area contributed by atoms with Crippen LogP contribution in [0.3, 0.4) is 0 Å². The third kappa shape index (κ3) is 1.97. The van der Waals surface area contributed by atoms with Gasteiger partial charge in [0.2, 0.25) is 5.91 Å². The standard InChI is InChI=1S/C12H16N4O/c17-12-5-10(11-3-1-2-4-16(11)12)15-9-6-13-8-14-7-9/h6-8,10-11,15H,1-5H2. The van der Waals surface area contributed by atoms with Gasteiger partial charge in [0, 0.05) is 13.0 Å². The Morgan fingerprint density at radius 1 is 1.29 bits per heavy atom. The Hall–Kier alpha value is -1.65. The maximum absolute atomic E-state index is 11.9. The number of fused-ring (bicyclic) bond motifs is 1. The summed E-state index contributed by atoms with van der Waals surface area (Å²) in [6.45, 7) is 0.924. The molecule has 1 N–H and O–H groups in total. The van der Waals surface area contributed by atoms with Crippen molar-refractivity contribution in [2.75, 3.05) is 11.9 Å². The van der Waals surface area contributed by atoms with Crippen LogP contribution >= 0.6 is 0 Å². The molecule has 1 aromatic heterocycles. The zero-order chi connectivity index (χ0) is 11.7. The monoisotopic (exact) mass is 232 g/mol. The highest BCUT2D eigenvalue weighted by molar-refractivity contribution is 5.81. The topological polar surface area (TPSA) is 58.1 Å². The average molecular weight is 232 g/mol. The molecule has 0 bridgehead atoms. The molecule has 90 valence electrons. The van der Waals surface area contributed by atoms with Crippen LogP contribution in [0.1, 0.15) is 25.7 Å². The van der Waals surface area contributed by atoms with Crippen molar-refractivity contribution in [2.24, 2.45) is 0 Å². The minimum Gasteiger partial charge on any atom is -0.377 e. The van der Waals surface area contributed by atoms with Crippen molar-refractivity contribution in [3.63, 3.8) is 0 Å². The number of carbonyl (C=O) groups is 1. The lowest BCUT2D eigenvalue weighted by atomic mass is 9.99. The van der Waals surface area contributed by atoms with Crippen molar-refractivity contribution >= 4 is 11.6 Å². The number of carbonyl (C=O) groups excluding carboxylic acids is 1. The van der Waals surface area contributed by atoms with Gasteiger partial charge in [0.05, 0.1) is 30.2 Å². The second-order valence-corrected chi connectivity index (χ2v) is 4.73. The summed E-state index contributed by atoms with van der Waals surface area (Å²) < 4.78 is 0. The van der Waals surface area contributed by atoms with Crippen molar-refractivity contribution < 1.29 is 4.79 Å². The number of hydrogen-bond donors (Lipinski definition) is 1. The van der Waals surface area contributed by atoms with Crippen LogP contribution in [0.4, 0.5) is 5.69 Å². The molecule has 2 aliphatic heterocycles. The maximum Gasteiger partial charge on any atom is 0.225 e. The summed E-state index contributed by atoms with van der Waals surface area (Å²) in [4.78, 5) is 21.9. The Bertz CT molecular complexity index is 408. The molecule has 17 heavy (non-hydrogen) atoms. The van der Waals surface area contributed by atoms with Crippen LogP contribution in [-0.4, -0.2) is 39.4 Å². The Labute approximate surface area is 100 Å². The first-order valence-electron chi connectivity index (χ1n) is 6.15. The van der Waals surface area contributed by atoms with Gasteiger partial charge in [-0.15, -0.1) is 0 Å². The highest BCUT2D eigenvalue weighted by Crippen LogP contribution is 2.29. The molecular weight excluding hydrogens is 216 g/mol. The molecule has 0 aromatic carbocycles. The molecule has 2 aliphatic rings. The molecule has 0 aliphatic carbocycles. The summed E-state index contributed by atoms with van der Waals surface area (Å²) in [5.74, 6) is 0.282. The summed E-state index contributed by atoms with van der Waals surface area (Å²) in [6.07, 6.45) is 9.09. The quantitative estimate of drug-likeness (QED) is 0.827. The van der Waals surface area contributed by atoms with Crippen LogP contribution in [0.25, 0.3) is 0 Å². The van der Waals surface area contributed by atoms with Gasteiger partial charge in [-0.3, -0.25) is 4.79 Å². The highest BCUT2D eigenvalue weighted by atomic mass is 16.2. The summed E-state index contributed by atoms with van der Waals surface area (Å²) in [5, 5.41) is 3.38. The van der Waals surface area contributed by atoms with Crippen LogP contribution in [0, 0.1) is 0 Å². The SMILES string of the molecule is O=C1CC(Nc2cncnc2)C2CCCCN12. The fraction of sp³-hybridized carbons (Fsp3) is 0.583. The van der Waals surface area contributed by atoms with E-state index in [1.54, 1.807) is 12.4 Å². The third-order valence-electron chi connectivity index (χ3n) is 3.64. The molecule has 0 radical (unpaired) electrons. The van der Waals surface area contributed by atoms with E-state index in [2.05, 4.69) is 15.3 Å². The summed E-state index contributed by atoms with van der Waals surface area (Å²) in [6, 6.07) is 0.574. The van der Waals surface area contributed by atoms with Gasteiger partial charge in [0.1, 0.15) is 6.33 Å². The van der Waals surface area contributed by atoms with Gasteiger partial charge in [-0.2, -0.15) is 0 Å². The zero-order valence-corrected chi connectivity index (χ0v) is 9.67. The van der Waals surface area contributed by atoms with Gasteiger partial charge in [-0.05, 0) is 19.3 Å². The molecule has 3 heterocycles. The zero-order valence-electron chi connectivity index (χ0n) is 9.67. The highest BCUT2D eigenvalue weighted by Gasteiger charge is 2.40. The summed E-state index contributed by atoms with van der Waals surface area (Å²) in [5.41, 5.74) is 0.901. The van der Waals surface area contributed by atoms with Crippen molar-refractivity contribution in [3.8, 4) is 0 Å². The normalized spacial score (nSPS) is 28.0. The lowest BCUT2D eigenvalue weighted by molar-refractivity contribution is -0.129. The molecule has 0 saturated carbocycles. The number of aromatic nitrogens is 2. The van der Waals surface area contributed by atoms with Crippen LogP contribution < -0.4 is 5.32 Å². The van der Waals surface area contributed by atoms with Crippen LogP contribution in [-0.2, 0) is 4.79 Å². The number of amides is 1. The number of hydrogen-bond acceptors (Lipinski definition) is 4. The van der Waals surface area contributed by atoms with E-state index in [0.29, 0.717) is 12.5 Å². The Morgan fingerprint density at radius 2 is 2.12 bits per heavy atom. The molecule has 5 nitrogen and oxygen atoms in total. The molecule has 0 spiro atoms. The van der Waals surface area contributed by atoms with E-state index >= 15 is 0 Å². The van der Waals surface area contributed by atoms with Gasteiger partial charge in [0.15, 0.2) is 0 Å². The number of piperidine rings is 1. The molecule has 2 atom stereocenters. The van der Waals surface area contributed by atoms with Gasteiger partial charge in [-0.1, -0.05) is 0 Å². The van der Waals surface area contributed by atoms with Crippen LogP contribution in [0.15, 0.2) is 18.7 Å². The molecule has 2 unspecified atom stereocenters. The number of nitrogens with one attached hydrogen (secondary N) is 1. The van der Waals surface area contributed by atoms with Gasteiger partial charge >= 0.3 is 0 Å². The Balaban J connectivity index is 1.74. The predicted molar refractivity (Wildman–Crippen MR) is 63.4 cm³/mol. The molecule has 5 heteroatoms. The molecule has 3 rings (SSSR count). The van der Waals surface area contributed by atoms with Gasteiger partial charge in [-0.25, -0.2) is 9.97 Å². The van der Waals surface area contributed by atoms with Gasteiger partial charge < -0.3 is 10.2 Å². The molecule has 2 fully saturated rings. The molecule has 2 saturated heterocycles. The lowest BCUT2D eigenvalue weighted by Crippen LogP contribution is -2.42. The van der Waals surface area contributed by atoms with E-state index in [4.69, 9.17) is 0 Å². The van der Waals surface area contributed by atoms with E-state index in [1.807, 2.05) is 4.90 Å². The minimum absolute atomic E-state index is 0.216. The number of nitrogens with zero attached hydrogens (tertiary/aromatic N) is 3. The second kappa shape index (κ2) is 4.31. The number of rotatable bonds is 2. The Morgan fingerprint density at radius 3 is 2.94 bits per heavy atom. The van der Waals surface area contributed by atoms with Crippen molar-refractivity contribution in [2.45, 2.75) is 37.8 Å². The first kappa shape index (κ1) is 10.5. The van der Waals surface area contributed by atoms with E-state index < -0.39 is 0 Å². The molecular formula is C12H16N4O. The average Bonchev–Trinajstić information content (AvgIpc) is 2.69. The fourth-order valence-corrected chi connectivity index (χ4v) is 2.86. The van der Waals surface area contributed by atoms with Crippen molar-refractivity contribution in [3.05, 3.63) is 18.7 Å². The number of anilines is 1.